The van der Waals surface area contributed by atoms with Crippen molar-refractivity contribution < 1.29 is 18.7 Å². The molecule has 146 valence electrons. The first-order chi connectivity index (χ1) is 13.0. The molecule has 1 atom stereocenters. The lowest BCUT2D eigenvalue weighted by Gasteiger charge is -2.26. The van der Waals surface area contributed by atoms with E-state index >= 15 is 0 Å². The summed E-state index contributed by atoms with van der Waals surface area (Å²) in [5.74, 6) is 0.196. The van der Waals surface area contributed by atoms with Crippen molar-refractivity contribution in [1.29, 1.82) is 0 Å². The van der Waals surface area contributed by atoms with Gasteiger partial charge in [-0.3, -0.25) is 14.5 Å². The normalized spacial score (nSPS) is 11.9. The van der Waals surface area contributed by atoms with Crippen LogP contribution in [-0.2, 0) is 4.79 Å². The van der Waals surface area contributed by atoms with Crippen molar-refractivity contribution in [3.05, 3.63) is 48.4 Å². The van der Waals surface area contributed by atoms with Crippen molar-refractivity contribution in [1.82, 2.24) is 10.2 Å². The molecule has 1 aromatic carbocycles. The van der Waals surface area contributed by atoms with E-state index in [0.29, 0.717) is 18.0 Å². The molecule has 27 heavy (non-hydrogen) atoms. The second kappa shape index (κ2) is 10.4. The van der Waals surface area contributed by atoms with E-state index in [1.165, 1.54) is 6.26 Å². The molecule has 1 unspecified atom stereocenters. The second-order valence-electron chi connectivity index (χ2n) is 6.12. The molecule has 7 heteroatoms. The average molecular weight is 373 g/mol. The molecule has 0 saturated heterocycles. The molecular weight excluding hydrogens is 346 g/mol. The minimum Gasteiger partial charge on any atom is -0.484 e. The molecule has 1 aromatic heterocycles. The third-order valence-corrected chi connectivity index (χ3v) is 4.24. The largest absolute Gasteiger partial charge is 0.484 e. The van der Waals surface area contributed by atoms with Gasteiger partial charge in [-0.2, -0.15) is 0 Å². The summed E-state index contributed by atoms with van der Waals surface area (Å²) in [6, 6.07) is 10.4. The Bertz CT molecular complexity index is 727. The van der Waals surface area contributed by atoms with Crippen molar-refractivity contribution in [2.24, 2.45) is 0 Å². The Morgan fingerprint density at radius 2 is 1.96 bits per heavy atom. The van der Waals surface area contributed by atoms with Crippen LogP contribution >= 0.6 is 0 Å². The van der Waals surface area contributed by atoms with Crippen LogP contribution in [0.25, 0.3) is 0 Å². The SMILES string of the molecule is CCN(CC)C(C)CNC(=O)COc1cccc(NC(=O)c2ccco2)c1. The zero-order chi connectivity index (χ0) is 19.6. The Morgan fingerprint density at radius 3 is 2.63 bits per heavy atom. The maximum absolute atomic E-state index is 12.0. The summed E-state index contributed by atoms with van der Waals surface area (Å²) in [5.41, 5.74) is 0.560. The van der Waals surface area contributed by atoms with Crippen molar-refractivity contribution >= 4 is 17.5 Å². The highest BCUT2D eigenvalue weighted by Gasteiger charge is 2.12. The van der Waals surface area contributed by atoms with Crippen molar-refractivity contribution in [3.8, 4) is 5.75 Å². The molecule has 0 fully saturated rings. The van der Waals surface area contributed by atoms with Crippen LogP contribution < -0.4 is 15.4 Å². The van der Waals surface area contributed by atoms with E-state index in [4.69, 9.17) is 9.15 Å². The van der Waals surface area contributed by atoms with Crippen LogP contribution in [0.3, 0.4) is 0 Å². The Labute approximate surface area is 159 Å². The van der Waals surface area contributed by atoms with Gasteiger partial charge in [0.05, 0.1) is 6.26 Å². The molecule has 1 heterocycles. The number of hydrogen-bond donors (Lipinski definition) is 2. The lowest BCUT2D eigenvalue weighted by molar-refractivity contribution is -0.123. The van der Waals surface area contributed by atoms with Gasteiger partial charge in [-0.25, -0.2) is 0 Å². The summed E-state index contributed by atoms with van der Waals surface area (Å²) < 4.78 is 10.6. The first kappa shape index (κ1) is 20.5. The molecular formula is C20H27N3O4. The molecule has 2 N–H and O–H groups in total. The number of benzene rings is 1. The summed E-state index contributed by atoms with van der Waals surface area (Å²) in [6.07, 6.45) is 1.44. The maximum Gasteiger partial charge on any atom is 0.291 e. The van der Waals surface area contributed by atoms with Crippen LogP contribution in [0.15, 0.2) is 47.1 Å². The van der Waals surface area contributed by atoms with Crippen LogP contribution in [0.5, 0.6) is 5.75 Å². The van der Waals surface area contributed by atoms with E-state index in [1.807, 2.05) is 0 Å². The lowest BCUT2D eigenvalue weighted by atomic mass is 10.2. The average Bonchev–Trinajstić information content (AvgIpc) is 3.21. The van der Waals surface area contributed by atoms with Crippen LogP contribution in [0.4, 0.5) is 5.69 Å². The fourth-order valence-electron chi connectivity index (χ4n) is 2.70. The van der Waals surface area contributed by atoms with E-state index in [1.54, 1.807) is 36.4 Å². The molecule has 0 aliphatic rings. The number of likely N-dealkylation sites (N-methyl/N-ethyl adjacent to an activating group) is 1. The third kappa shape index (κ3) is 6.45. The molecule has 0 bridgehead atoms. The second-order valence-corrected chi connectivity index (χ2v) is 6.12. The first-order valence-corrected chi connectivity index (χ1v) is 9.12. The number of amides is 2. The zero-order valence-electron chi connectivity index (χ0n) is 16.0. The van der Waals surface area contributed by atoms with Crippen molar-refractivity contribution in [2.45, 2.75) is 26.8 Å². The molecule has 0 aliphatic heterocycles. The van der Waals surface area contributed by atoms with Gasteiger partial charge in [-0.05, 0) is 44.3 Å². The molecule has 2 rings (SSSR count). The van der Waals surface area contributed by atoms with Crippen LogP contribution in [0.2, 0.25) is 0 Å². The molecule has 2 amide bonds. The lowest BCUT2D eigenvalue weighted by Crippen LogP contribution is -2.43. The minimum atomic E-state index is -0.347. The number of anilines is 1. The van der Waals surface area contributed by atoms with Crippen LogP contribution in [0.1, 0.15) is 31.3 Å². The highest BCUT2D eigenvalue weighted by molar-refractivity contribution is 6.02. The molecule has 0 spiro atoms. The number of nitrogens with one attached hydrogen (secondary N) is 2. The fraction of sp³-hybridized carbons (Fsp3) is 0.400. The highest BCUT2D eigenvalue weighted by Crippen LogP contribution is 2.18. The predicted octanol–water partition coefficient (Wildman–Crippen LogP) is 2.76. The summed E-state index contributed by atoms with van der Waals surface area (Å²) in [7, 11) is 0. The van der Waals surface area contributed by atoms with Gasteiger partial charge >= 0.3 is 0 Å². The summed E-state index contributed by atoms with van der Waals surface area (Å²) >= 11 is 0. The van der Waals surface area contributed by atoms with Gasteiger partial charge in [0.1, 0.15) is 5.75 Å². The summed E-state index contributed by atoms with van der Waals surface area (Å²) in [6.45, 7) is 8.66. The van der Waals surface area contributed by atoms with E-state index in [-0.39, 0.29) is 30.2 Å². The van der Waals surface area contributed by atoms with Crippen LogP contribution in [-0.4, -0.2) is 49.0 Å². The van der Waals surface area contributed by atoms with Gasteiger partial charge in [0, 0.05) is 24.3 Å². The maximum atomic E-state index is 12.0. The number of hydrogen-bond acceptors (Lipinski definition) is 5. The Hall–Kier alpha value is -2.80. The van der Waals surface area contributed by atoms with Gasteiger partial charge in [-0.1, -0.05) is 19.9 Å². The smallest absolute Gasteiger partial charge is 0.291 e. The van der Waals surface area contributed by atoms with E-state index in [0.717, 1.165) is 13.1 Å². The number of furan rings is 1. The monoisotopic (exact) mass is 373 g/mol. The van der Waals surface area contributed by atoms with Gasteiger partial charge < -0.3 is 19.8 Å². The Kier molecular flexibility index (Phi) is 7.88. The molecule has 2 aromatic rings. The standard InChI is InChI=1S/C20H27N3O4/c1-4-23(5-2)15(3)13-21-19(24)14-27-17-9-6-8-16(12-17)22-20(25)18-10-7-11-26-18/h6-12,15H,4-5,13-14H2,1-3H3,(H,21,24)(H,22,25). The number of nitrogens with zero attached hydrogens (tertiary/aromatic N) is 1. The fourth-order valence-corrected chi connectivity index (χ4v) is 2.70. The van der Waals surface area contributed by atoms with Gasteiger partial charge in [0.25, 0.3) is 11.8 Å². The van der Waals surface area contributed by atoms with Crippen molar-refractivity contribution in [3.63, 3.8) is 0 Å². The molecule has 7 nitrogen and oxygen atoms in total. The topological polar surface area (TPSA) is 83.8 Å². The molecule has 0 radical (unpaired) electrons. The predicted molar refractivity (Wildman–Crippen MR) is 104 cm³/mol. The quantitative estimate of drug-likeness (QED) is 0.669. The molecule has 0 saturated carbocycles. The van der Waals surface area contributed by atoms with Gasteiger partial charge in [0.2, 0.25) is 0 Å². The Balaban J connectivity index is 1.80. The van der Waals surface area contributed by atoms with E-state index < -0.39 is 0 Å². The zero-order valence-corrected chi connectivity index (χ0v) is 16.0. The Morgan fingerprint density at radius 1 is 1.19 bits per heavy atom. The third-order valence-electron chi connectivity index (χ3n) is 4.24. The summed E-state index contributed by atoms with van der Waals surface area (Å²) in [4.78, 5) is 26.3. The van der Waals surface area contributed by atoms with E-state index in [9.17, 15) is 9.59 Å². The van der Waals surface area contributed by atoms with Gasteiger partial charge in [-0.15, -0.1) is 0 Å². The van der Waals surface area contributed by atoms with E-state index in [2.05, 4.69) is 36.3 Å². The number of carbonyl (C=O) groups is 2. The van der Waals surface area contributed by atoms with Crippen LogP contribution in [0, 0.1) is 0 Å². The molecule has 0 aliphatic carbocycles. The highest BCUT2D eigenvalue weighted by atomic mass is 16.5. The minimum absolute atomic E-state index is 0.0828. The number of ether oxygens (including phenoxy) is 1. The van der Waals surface area contributed by atoms with Gasteiger partial charge in [0.15, 0.2) is 12.4 Å². The number of rotatable bonds is 10. The number of carbonyl (C=O) groups excluding carboxylic acids is 2. The van der Waals surface area contributed by atoms with Crippen molar-refractivity contribution in [2.75, 3.05) is 31.6 Å². The first-order valence-electron chi connectivity index (χ1n) is 9.12. The summed E-state index contributed by atoms with van der Waals surface area (Å²) in [5, 5.41) is 5.60.